The van der Waals surface area contributed by atoms with Gasteiger partial charge < -0.3 is 10.4 Å². The molecule has 0 aliphatic rings. The van der Waals surface area contributed by atoms with Crippen molar-refractivity contribution in [3.8, 4) is 0 Å². The molecule has 0 aromatic heterocycles. The number of hydrogen-bond donors (Lipinski definition) is 2. The van der Waals surface area contributed by atoms with Crippen molar-refractivity contribution in [1.82, 2.24) is 0 Å². The van der Waals surface area contributed by atoms with E-state index in [1.165, 1.54) is 0 Å². The van der Waals surface area contributed by atoms with Gasteiger partial charge in [0.2, 0.25) is 0 Å². The predicted octanol–water partition coefficient (Wildman–Crippen LogP) is 3.25. The zero-order valence-corrected chi connectivity index (χ0v) is 9.91. The fraction of sp³-hybridized carbons (Fsp3) is 0.143. The van der Waals surface area contributed by atoms with Crippen LogP contribution in [0, 0.1) is 17.5 Å². The third-order valence-electron chi connectivity index (χ3n) is 2.66. The molecule has 100 valence electrons. The van der Waals surface area contributed by atoms with Crippen molar-refractivity contribution in [3.05, 3.63) is 65.5 Å². The van der Waals surface area contributed by atoms with Gasteiger partial charge in [0.25, 0.3) is 0 Å². The lowest BCUT2D eigenvalue weighted by Crippen LogP contribution is -2.13. The normalized spacial score (nSPS) is 12.2. The first-order chi connectivity index (χ1) is 9.08. The van der Waals surface area contributed by atoms with Crippen LogP contribution in [0.4, 0.5) is 18.9 Å². The van der Waals surface area contributed by atoms with Crippen LogP contribution in [0.3, 0.4) is 0 Å². The van der Waals surface area contributed by atoms with Crippen LogP contribution in [-0.2, 0) is 0 Å². The standard InChI is InChI=1S/C14H12F3NO/c15-10-6-11(16)14(17)12(7-10)18-8-13(19)9-4-2-1-3-5-9/h1-7,13,18-19H,8H2. The van der Waals surface area contributed by atoms with Crippen LogP contribution in [0.25, 0.3) is 0 Å². The van der Waals surface area contributed by atoms with E-state index in [0.717, 1.165) is 6.07 Å². The van der Waals surface area contributed by atoms with Crippen LogP contribution in [0.15, 0.2) is 42.5 Å². The smallest absolute Gasteiger partial charge is 0.182 e. The van der Waals surface area contributed by atoms with Gasteiger partial charge in [0.05, 0.1) is 11.8 Å². The number of nitrogens with one attached hydrogen (secondary N) is 1. The van der Waals surface area contributed by atoms with Crippen LogP contribution in [0.2, 0.25) is 0 Å². The lowest BCUT2D eigenvalue weighted by atomic mass is 10.1. The van der Waals surface area contributed by atoms with Crippen LogP contribution in [0.1, 0.15) is 11.7 Å². The summed E-state index contributed by atoms with van der Waals surface area (Å²) in [5.41, 5.74) is 0.319. The molecule has 0 radical (unpaired) electrons. The number of aliphatic hydroxyl groups excluding tert-OH is 1. The van der Waals surface area contributed by atoms with E-state index >= 15 is 0 Å². The van der Waals surface area contributed by atoms with E-state index in [2.05, 4.69) is 5.32 Å². The summed E-state index contributed by atoms with van der Waals surface area (Å²) in [4.78, 5) is 0. The first kappa shape index (κ1) is 13.4. The summed E-state index contributed by atoms with van der Waals surface area (Å²) in [7, 11) is 0. The van der Waals surface area contributed by atoms with Crippen molar-refractivity contribution in [3.63, 3.8) is 0 Å². The summed E-state index contributed by atoms with van der Waals surface area (Å²) >= 11 is 0. The molecule has 0 saturated carbocycles. The van der Waals surface area contributed by atoms with Crippen molar-refractivity contribution in [2.24, 2.45) is 0 Å². The van der Waals surface area contributed by atoms with Gasteiger partial charge in [-0.05, 0) is 5.56 Å². The van der Waals surface area contributed by atoms with Crippen molar-refractivity contribution < 1.29 is 18.3 Å². The van der Waals surface area contributed by atoms with Crippen LogP contribution in [0.5, 0.6) is 0 Å². The van der Waals surface area contributed by atoms with Crippen LogP contribution >= 0.6 is 0 Å². The SMILES string of the molecule is OC(CNc1cc(F)cc(F)c1F)c1ccccc1. The van der Waals surface area contributed by atoms with Crippen LogP contribution in [-0.4, -0.2) is 11.7 Å². The van der Waals surface area contributed by atoms with E-state index in [9.17, 15) is 18.3 Å². The molecule has 0 spiro atoms. The second kappa shape index (κ2) is 5.75. The van der Waals surface area contributed by atoms with Crippen molar-refractivity contribution in [2.45, 2.75) is 6.10 Å². The molecular formula is C14H12F3NO. The lowest BCUT2D eigenvalue weighted by Gasteiger charge is -2.13. The Balaban J connectivity index is 2.07. The van der Waals surface area contributed by atoms with E-state index in [0.29, 0.717) is 11.6 Å². The van der Waals surface area contributed by atoms with Gasteiger partial charge in [-0.3, -0.25) is 0 Å². The molecule has 2 rings (SSSR count). The minimum atomic E-state index is -1.27. The first-order valence-electron chi connectivity index (χ1n) is 5.69. The van der Waals surface area contributed by atoms with E-state index in [1.54, 1.807) is 30.3 Å². The van der Waals surface area contributed by atoms with Gasteiger partial charge in [-0.2, -0.15) is 0 Å². The Labute approximate surface area is 108 Å². The predicted molar refractivity (Wildman–Crippen MR) is 66.2 cm³/mol. The first-order valence-corrected chi connectivity index (χ1v) is 5.69. The number of halogens is 3. The second-order valence-corrected chi connectivity index (χ2v) is 4.06. The highest BCUT2D eigenvalue weighted by molar-refractivity contribution is 5.45. The fourth-order valence-electron chi connectivity index (χ4n) is 1.68. The Hall–Kier alpha value is -2.01. The van der Waals surface area contributed by atoms with Gasteiger partial charge in [0.1, 0.15) is 5.82 Å². The number of hydrogen-bond acceptors (Lipinski definition) is 2. The molecular weight excluding hydrogens is 255 g/mol. The molecule has 2 aromatic rings. The molecule has 0 fully saturated rings. The molecule has 5 heteroatoms. The third-order valence-corrected chi connectivity index (χ3v) is 2.66. The second-order valence-electron chi connectivity index (χ2n) is 4.06. The Morgan fingerprint density at radius 3 is 2.42 bits per heavy atom. The van der Waals surface area contributed by atoms with Gasteiger partial charge in [0, 0.05) is 18.7 Å². The van der Waals surface area contributed by atoms with Gasteiger partial charge in [-0.25, -0.2) is 13.2 Å². The summed E-state index contributed by atoms with van der Waals surface area (Å²) in [5.74, 6) is -3.31. The van der Waals surface area contributed by atoms with E-state index in [4.69, 9.17) is 0 Å². The molecule has 2 N–H and O–H groups in total. The van der Waals surface area contributed by atoms with E-state index < -0.39 is 23.6 Å². The summed E-state index contributed by atoms with van der Waals surface area (Å²) in [5, 5.41) is 12.3. The highest BCUT2D eigenvalue weighted by atomic mass is 19.2. The number of rotatable bonds is 4. The lowest BCUT2D eigenvalue weighted by molar-refractivity contribution is 0.191. The molecule has 19 heavy (non-hydrogen) atoms. The zero-order chi connectivity index (χ0) is 13.8. The molecule has 0 aliphatic carbocycles. The quantitative estimate of drug-likeness (QED) is 0.833. The third kappa shape index (κ3) is 3.26. The van der Waals surface area contributed by atoms with Gasteiger partial charge in [-0.1, -0.05) is 30.3 Å². The Bertz CT molecular complexity index is 560. The maximum absolute atomic E-state index is 13.3. The summed E-state index contributed by atoms with van der Waals surface area (Å²) in [6, 6.07) is 10.0. The van der Waals surface area contributed by atoms with Crippen molar-refractivity contribution >= 4 is 5.69 Å². The highest BCUT2D eigenvalue weighted by Crippen LogP contribution is 2.20. The number of benzene rings is 2. The van der Waals surface area contributed by atoms with Crippen LogP contribution < -0.4 is 5.32 Å². The average molecular weight is 267 g/mol. The molecule has 0 bridgehead atoms. The zero-order valence-electron chi connectivity index (χ0n) is 9.91. The molecule has 0 heterocycles. The minimum absolute atomic E-state index is 0.0518. The maximum atomic E-state index is 13.3. The van der Waals surface area contributed by atoms with Crippen molar-refractivity contribution in [2.75, 3.05) is 11.9 Å². The Kier molecular flexibility index (Phi) is 4.06. The van der Waals surface area contributed by atoms with Gasteiger partial charge in [0.15, 0.2) is 11.6 Å². The summed E-state index contributed by atoms with van der Waals surface area (Å²) in [6.45, 7) is -0.0518. The molecule has 0 amide bonds. The molecule has 0 aliphatic heterocycles. The minimum Gasteiger partial charge on any atom is -0.387 e. The summed E-state index contributed by atoms with van der Waals surface area (Å²) in [6.07, 6.45) is -0.896. The van der Waals surface area contributed by atoms with Gasteiger partial charge in [-0.15, -0.1) is 0 Å². The Morgan fingerprint density at radius 2 is 1.74 bits per heavy atom. The average Bonchev–Trinajstić information content (AvgIpc) is 2.41. The molecule has 1 atom stereocenters. The van der Waals surface area contributed by atoms with E-state index in [1.807, 2.05) is 0 Å². The molecule has 0 saturated heterocycles. The molecule has 2 aromatic carbocycles. The number of aliphatic hydroxyl groups is 1. The van der Waals surface area contributed by atoms with Gasteiger partial charge >= 0.3 is 0 Å². The fourth-order valence-corrected chi connectivity index (χ4v) is 1.68. The largest absolute Gasteiger partial charge is 0.387 e. The monoisotopic (exact) mass is 267 g/mol. The molecule has 2 nitrogen and oxygen atoms in total. The topological polar surface area (TPSA) is 32.3 Å². The molecule has 1 unspecified atom stereocenters. The van der Waals surface area contributed by atoms with Crippen molar-refractivity contribution in [1.29, 1.82) is 0 Å². The maximum Gasteiger partial charge on any atom is 0.182 e. The Morgan fingerprint density at radius 1 is 1.05 bits per heavy atom. The highest BCUT2D eigenvalue weighted by Gasteiger charge is 2.13. The van der Waals surface area contributed by atoms with E-state index in [-0.39, 0.29) is 12.2 Å². The number of anilines is 1. The summed E-state index contributed by atoms with van der Waals surface area (Å²) < 4.78 is 39.3.